The fourth-order valence-electron chi connectivity index (χ4n) is 2.98. The summed E-state index contributed by atoms with van der Waals surface area (Å²) >= 11 is 0. The van der Waals surface area contributed by atoms with Crippen LogP contribution in [0.4, 0.5) is 0 Å². The lowest BCUT2D eigenvalue weighted by Gasteiger charge is -2.36. The van der Waals surface area contributed by atoms with Crippen LogP contribution in [-0.2, 0) is 26.3 Å². The molecule has 2 heterocycles. The first-order valence-electron chi connectivity index (χ1n) is 8.28. The van der Waals surface area contributed by atoms with Gasteiger partial charge in [0.1, 0.15) is 6.04 Å². The number of rotatable bonds is 6. The molecule has 0 radical (unpaired) electrons. The molecule has 3 atom stereocenters. The summed E-state index contributed by atoms with van der Waals surface area (Å²) < 4.78 is 35.4. The minimum absolute atomic E-state index is 0.202. The Kier molecular flexibility index (Phi) is 6.20. The van der Waals surface area contributed by atoms with Gasteiger partial charge in [0.15, 0.2) is 0 Å². The third kappa shape index (κ3) is 4.38. The number of ether oxygens (including phenoxy) is 1. The molecule has 2 rings (SSSR count). The van der Waals surface area contributed by atoms with Crippen LogP contribution in [0.1, 0.15) is 37.6 Å². The first-order chi connectivity index (χ1) is 11.7. The highest BCUT2D eigenvalue weighted by Gasteiger charge is 2.41. The monoisotopic (exact) mass is 373 g/mol. The molecule has 142 valence electrons. The summed E-state index contributed by atoms with van der Waals surface area (Å²) in [7, 11) is -0.803. The zero-order valence-electron chi connectivity index (χ0n) is 15.3. The van der Waals surface area contributed by atoms with Crippen molar-refractivity contribution >= 4 is 16.1 Å². The van der Waals surface area contributed by atoms with E-state index in [9.17, 15) is 13.2 Å². The summed E-state index contributed by atoms with van der Waals surface area (Å²) in [4.78, 5) is 12.6. The molecule has 1 saturated heterocycles. The second kappa shape index (κ2) is 7.81. The molecule has 1 aromatic rings. The van der Waals surface area contributed by atoms with Crippen molar-refractivity contribution in [1.29, 1.82) is 0 Å². The van der Waals surface area contributed by atoms with Gasteiger partial charge in [-0.3, -0.25) is 9.48 Å². The maximum atomic E-state index is 12.6. The Bertz CT molecular complexity index is 718. The Hall–Kier alpha value is -1.49. The SMILES string of the molecule is CCn1cc([C@@H]2C[C@@H](C(=O)N[C@H](C)COC)N(C)S(=O)(=O)N2)c(C)n1. The van der Waals surface area contributed by atoms with Gasteiger partial charge in [-0.25, -0.2) is 0 Å². The Morgan fingerprint density at radius 1 is 1.56 bits per heavy atom. The van der Waals surface area contributed by atoms with Gasteiger partial charge in [-0.15, -0.1) is 0 Å². The van der Waals surface area contributed by atoms with Crippen LogP contribution in [0.3, 0.4) is 0 Å². The third-order valence-corrected chi connectivity index (χ3v) is 5.96. The zero-order valence-corrected chi connectivity index (χ0v) is 16.1. The van der Waals surface area contributed by atoms with Crippen LogP contribution in [-0.4, -0.2) is 61.3 Å². The van der Waals surface area contributed by atoms with Crippen LogP contribution >= 0.6 is 0 Å². The molecule has 0 bridgehead atoms. The molecule has 0 unspecified atom stereocenters. The van der Waals surface area contributed by atoms with Crippen molar-refractivity contribution < 1.29 is 17.9 Å². The molecule has 1 fully saturated rings. The molecule has 1 amide bonds. The lowest BCUT2D eigenvalue weighted by molar-refractivity contribution is -0.126. The molecule has 10 heteroatoms. The van der Waals surface area contributed by atoms with Crippen LogP contribution in [0.25, 0.3) is 0 Å². The van der Waals surface area contributed by atoms with E-state index in [-0.39, 0.29) is 11.9 Å². The summed E-state index contributed by atoms with van der Waals surface area (Å²) in [6.07, 6.45) is 2.16. The van der Waals surface area contributed by atoms with Crippen molar-refractivity contribution in [3.05, 3.63) is 17.5 Å². The molecular formula is C15H27N5O4S. The second-order valence-corrected chi connectivity index (χ2v) is 8.10. The normalized spacial score (nSPS) is 24.8. The predicted molar refractivity (Wildman–Crippen MR) is 93.1 cm³/mol. The van der Waals surface area contributed by atoms with Gasteiger partial charge in [0.25, 0.3) is 10.2 Å². The lowest BCUT2D eigenvalue weighted by atomic mass is 10.00. The average Bonchev–Trinajstić information content (AvgIpc) is 2.91. The van der Waals surface area contributed by atoms with E-state index in [2.05, 4.69) is 15.1 Å². The summed E-state index contributed by atoms with van der Waals surface area (Å²) in [5.41, 5.74) is 1.55. The van der Waals surface area contributed by atoms with Gasteiger partial charge in [0, 0.05) is 38.5 Å². The number of likely N-dealkylation sites (N-methyl/N-ethyl adjacent to an activating group) is 1. The van der Waals surface area contributed by atoms with Crippen molar-refractivity contribution in [2.45, 2.75) is 51.9 Å². The number of methoxy groups -OCH3 is 1. The Labute approximate surface area is 148 Å². The summed E-state index contributed by atoms with van der Waals surface area (Å²) in [6, 6.07) is -1.48. The number of hydrogen-bond acceptors (Lipinski definition) is 5. The number of carbonyl (C=O) groups is 1. The van der Waals surface area contributed by atoms with Gasteiger partial charge >= 0.3 is 0 Å². The highest BCUT2D eigenvalue weighted by Crippen LogP contribution is 2.29. The first-order valence-corrected chi connectivity index (χ1v) is 9.72. The molecule has 0 aliphatic carbocycles. The Balaban J connectivity index is 2.25. The van der Waals surface area contributed by atoms with E-state index in [1.54, 1.807) is 11.8 Å². The number of nitrogens with zero attached hydrogens (tertiary/aromatic N) is 3. The summed E-state index contributed by atoms with van der Waals surface area (Å²) in [6.45, 7) is 6.66. The van der Waals surface area contributed by atoms with E-state index < -0.39 is 22.3 Å². The maximum absolute atomic E-state index is 12.6. The quantitative estimate of drug-likeness (QED) is 0.727. The van der Waals surface area contributed by atoms with Crippen LogP contribution in [0, 0.1) is 6.92 Å². The summed E-state index contributed by atoms with van der Waals surface area (Å²) in [5.74, 6) is -0.331. The topological polar surface area (TPSA) is 106 Å². The molecule has 1 aromatic heterocycles. The molecule has 1 aliphatic heterocycles. The summed E-state index contributed by atoms with van der Waals surface area (Å²) in [5, 5.41) is 7.17. The fraction of sp³-hybridized carbons (Fsp3) is 0.733. The minimum Gasteiger partial charge on any atom is -0.383 e. The van der Waals surface area contributed by atoms with Crippen molar-refractivity contribution in [2.24, 2.45) is 0 Å². The smallest absolute Gasteiger partial charge is 0.280 e. The number of aryl methyl sites for hydroxylation is 2. The molecule has 2 N–H and O–H groups in total. The van der Waals surface area contributed by atoms with Crippen LogP contribution < -0.4 is 10.0 Å². The van der Waals surface area contributed by atoms with Crippen molar-refractivity contribution in [3.8, 4) is 0 Å². The number of amides is 1. The molecule has 25 heavy (non-hydrogen) atoms. The van der Waals surface area contributed by atoms with Gasteiger partial charge in [-0.2, -0.15) is 22.5 Å². The van der Waals surface area contributed by atoms with Gasteiger partial charge in [-0.1, -0.05) is 0 Å². The second-order valence-electron chi connectivity index (χ2n) is 6.33. The van der Waals surface area contributed by atoms with E-state index in [4.69, 9.17) is 4.74 Å². The van der Waals surface area contributed by atoms with E-state index in [0.29, 0.717) is 19.6 Å². The molecule has 1 aliphatic rings. The third-order valence-electron chi connectivity index (χ3n) is 4.36. The molecular weight excluding hydrogens is 346 g/mol. The maximum Gasteiger partial charge on any atom is 0.280 e. The van der Waals surface area contributed by atoms with Crippen molar-refractivity contribution in [3.63, 3.8) is 0 Å². The number of carbonyl (C=O) groups excluding carboxylic acids is 1. The van der Waals surface area contributed by atoms with Crippen LogP contribution in [0.5, 0.6) is 0 Å². The van der Waals surface area contributed by atoms with E-state index in [0.717, 1.165) is 15.6 Å². The predicted octanol–water partition coefficient (Wildman–Crippen LogP) is -0.0579. The fourth-order valence-corrected chi connectivity index (χ4v) is 4.25. The molecule has 9 nitrogen and oxygen atoms in total. The van der Waals surface area contributed by atoms with Crippen molar-refractivity contribution in [2.75, 3.05) is 20.8 Å². The molecule has 0 saturated carbocycles. The lowest BCUT2D eigenvalue weighted by Crippen LogP contribution is -2.58. The Morgan fingerprint density at radius 2 is 2.24 bits per heavy atom. The highest BCUT2D eigenvalue weighted by molar-refractivity contribution is 7.87. The van der Waals surface area contributed by atoms with Crippen molar-refractivity contribution in [1.82, 2.24) is 24.1 Å². The van der Waals surface area contributed by atoms with E-state index in [1.165, 1.54) is 7.05 Å². The largest absolute Gasteiger partial charge is 0.383 e. The van der Waals surface area contributed by atoms with Gasteiger partial charge in [-0.05, 0) is 27.2 Å². The van der Waals surface area contributed by atoms with Crippen LogP contribution in [0.15, 0.2) is 6.20 Å². The van der Waals surface area contributed by atoms with Gasteiger partial charge in [0.05, 0.1) is 18.3 Å². The molecule has 0 spiro atoms. The highest BCUT2D eigenvalue weighted by atomic mass is 32.2. The van der Waals surface area contributed by atoms with Crippen LogP contribution in [0.2, 0.25) is 0 Å². The number of nitrogens with one attached hydrogen (secondary N) is 2. The minimum atomic E-state index is -3.76. The van der Waals surface area contributed by atoms with Gasteiger partial charge < -0.3 is 10.1 Å². The zero-order chi connectivity index (χ0) is 18.8. The average molecular weight is 373 g/mol. The van der Waals surface area contributed by atoms with E-state index in [1.807, 2.05) is 27.0 Å². The standard InChI is InChI=1S/C15H27N5O4S/c1-6-20-8-12(11(3)17-20)13-7-14(19(4)25(22,23)18-13)15(21)16-10(2)9-24-5/h8,10,13-14,18H,6-7,9H2,1-5H3,(H,16,21)/t10-,13+,14+/m1/s1. The van der Waals surface area contributed by atoms with E-state index >= 15 is 0 Å². The molecule has 0 aromatic carbocycles. The number of aromatic nitrogens is 2. The Morgan fingerprint density at radius 3 is 2.80 bits per heavy atom. The first kappa shape index (κ1) is 19.8. The number of hydrogen-bond donors (Lipinski definition) is 2. The van der Waals surface area contributed by atoms with Gasteiger partial charge in [0.2, 0.25) is 5.91 Å².